The van der Waals surface area contributed by atoms with E-state index in [1.165, 1.54) is 32.1 Å². The number of likely N-dealkylation sites (N-methyl/N-ethyl adjacent to an activating group) is 2. The Labute approximate surface area is 102 Å². The molecule has 1 aliphatic rings. The molecule has 0 aromatic rings. The first-order valence-electron chi connectivity index (χ1n) is 7.03. The zero-order chi connectivity index (χ0) is 12.2. The molecule has 1 saturated carbocycles. The Morgan fingerprint density at radius 1 is 1.19 bits per heavy atom. The summed E-state index contributed by atoms with van der Waals surface area (Å²) in [5.74, 6) is 0.905. The van der Waals surface area contributed by atoms with Crippen molar-refractivity contribution in [2.75, 3.05) is 20.6 Å². The van der Waals surface area contributed by atoms with Crippen molar-refractivity contribution in [2.45, 2.75) is 64.5 Å². The monoisotopic (exact) mass is 226 g/mol. The van der Waals surface area contributed by atoms with Gasteiger partial charge in [-0.15, -0.1) is 0 Å². The molecule has 2 heteroatoms. The second-order valence-corrected chi connectivity index (χ2v) is 5.43. The van der Waals surface area contributed by atoms with Crippen LogP contribution in [-0.4, -0.2) is 37.1 Å². The molecule has 1 aliphatic carbocycles. The molecule has 16 heavy (non-hydrogen) atoms. The molecule has 1 rings (SSSR count). The average Bonchev–Trinajstić information content (AvgIpc) is 2.17. The van der Waals surface area contributed by atoms with E-state index < -0.39 is 0 Å². The van der Waals surface area contributed by atoms with Gasteiger partial charge >= 0.3 is 0 Å². The Kier molecular flexibility index (Phi) is 5.26. The number of hydrogen-bond acceptors (Lipinski definition) is 2. The minimum atomic E-state index is 0.348. The zero-order valence-corrected chi connectivity index (χ0v) is 11.8. The van der Waals surface area contributed by atoms with Crippen LogP contribution < -0.4 is 5.32 Å². The largest absolute Gasteiger partial charge is 0.312 e. The molecular weight excluding hydrogens is 196 g/mol. The first kappa shape index (κ1) is 14.0. The van der Waals surface area contributed by atoms with E-state index in [2.05, 4.69) is 45.1 Å². The topological polar surface area (TPSA) is 15.3 Å². The van der Waals surface area contributed by atoms with Gasteiger partial charge in [-0.05, 0) is 52.2 Å². The molecule has 1 unspecified atom stereocenters. The molecule has 0 aromatic carbocycles. The van der Waals surface area contributed by atoms with Gasteiger partial charge in [-0.2, -0.15) is 0 Å². The second-order valence-electron chi connectivity index (χ2n) is 5.43. The quantitative estimate of drug-likeness (QED) is 0.718. The minimum absolute atomic E-state index is 0.348. The lowest BCUT2D eigenvalue weighted by atomic mass is 9.69. The Morgan fingerprint density at radius 3 is 2.00 bits per heavy atom. The highest BCUT2D eigenvalue weighted by Gasteiger charge is 2.43. The molecule has 0 heterocycles. The molecule has 0 saturated heterocycles. The lowest BCUT2D eigenvalue weighted by molar-refractivity contribution is 0.0371. The van der Waals surface area contributed by atoms with Gasteiger partial charge in [0.1, 0.15) is 0 Å². The van der Waals surface area contributed by atoms with E-state index in [1.807, 2.05) is 0 Å². The smallest absolute Gasteiger partial charge is 0.0353 e. The van der Waals surface area contributed by atoms with Gasteiger partial charge in [-0.1, -0.05) is 27.2 Å². The minimum Gasteiger partial charge on any atom is -0.312 e. The van der Waals surface area contributed by atoms with Crippen LogP contribution in [0.3, 0.4) is 0 Å². The summed E-state index contributed by atoms with van der Waals surface area (Å²) >= 11 is 0. The lowest BCUT2D eigenvalue weighted by Gasteiger charge is -2.51. The third-order valence-corrected chi connectivity index (χ3v) is 4.74. The number of nitrogens with one attached hydrogen (secondary N) is 1. The summed E-state index contributed by atoms with van der Waals surface area (Å²) < 4.78 is 0. The fourth-order valence-electron chi connectivity index (χ4n) is 3.39. The molecule has 1 N–H and O–H groups in total. The second kappa shape index (κ2) is 6.02. The fraction of sp³-hybridized carbons (Fsp3) is 1.00. The highest BCUT2D eigenvalue weighted by molar-refractivity contribution is 5.02. The Bertz CT molecular complexity index is 193. The predicted molar refractivity (Wildman–Crippen MR) is 71.8 cm³/mol. The van der Waals surface area contributed by atoms with Crippen molar-refractivity contribution in [2.24, 2.45) is 5.92 Å². The molecule has 0 amide bonds. The number of hydrogen-bond donors (Lipinski definition) is 1. The van der Waals surface area contributed by atoms with Crippen LogP contribution in [0.1, 0.15) is 52.9 Å². The van der Waals surface area contributed by atoms with Crippen LogP contribution >= 0.6 is 0 Å². The molecule has 0 aromatic heterocycles. The normalized spacial score (nSPS) is 19.9. The number of nitrogens with zero attached hydrogens (tertiary/aromatic N) is 1. The standard InChI is InChI=1S/C14H30N2/c1-6-14(7-2,16(4)5)13(15-8-3)12-10-9-11-12/h12-13,15H,6-11H2,1-5H3. The van der Waals surface area contributed by atoms with E-state index >= 15 is 0 Å². The maximum absolute atomic E-state index is 3.77. The van der Waals surface area contributed by atoms with Crippen LogP contribution in [0.15, 0.2) is 0 Å². The van der Waals surface area contributed by atoms with Crippen molar-refractivity contribution in [3.05, 3.63) is 0 Å². The van der Waals surface area contributed by atoms with Crippen LogP contribution in [-0.2, 0) is 0 Å². The molecule has 0 spiro atoms. The highest BCUT2D eigenvalue weighted by atomic mass is 15.2. The lowest BCUT2D eigenvalue weighted by Crippen LogP contribution is -2.62. The van der Waals surface area contributed by atoms with E-state index in [0.29, 0.717) is 11.6 Å². The van der Waals surface area contributed by atoms with Gasteiger partial charge in [0.15, 0.2) is 0 Å². The van der Waals surface area contributed by atoms with Gasteiger partial charge in [-0.3, -0.25) is 0 Å². The summed E-state index contributed by atoms with van der Waals surface area (Å²) in [6.45, 7) is 8.01. The van der Waals surface area contributed by atoms with E-state index in [-0.39, 0.29) is 0 Å². The third-order valence-electron chi connectivity index (χ3n) is 4.74. The van der Waals surface area contributed by atoms with E-state index in [9.17, 15) is 0 Å². The molecular formula is C14H30N2. The molecule has 0 radical (unpaired) electrons. The maximum atomic E-state index is 3.77. The number of rotatable bonds is 7. The first-order chi connectivity index (χ1) is 7.62. The molecule has 1 fully saturated rings. The first-order valence-corrected chi connectivity index (χ1v) is 7.03. The average molecular weight is 226 g/mol. The van der Waals surface area contributed by atoms with Crippen LogP contribution in [0.5, 0.6) is 0 Å². The third kappa shape index (κ3) is 2.43. The van der Waals surface area contributed by atoms with Crippen LogP contribution in [0.25, 0.3) is 0 Å². The van der Waals surface area contributed by atoms with Crippen molar-refractivity contribution in [1.82, 2.24) is 10.2 Å². The fourth-order valence-corrected chi connectivity index (χ4v) is 3.39. The SMILES string of the molecule is CCNC(C1CCC1)C(CC)(CC)N(C)C. The molecule has 1 atom stereocenters. The molecule has 2 nitrogen and oxygen atoms in total. The van der Waals surface area contributed by atoms with Gasteiger partial charge in [0.25, 0.3) is 0 Å². The van der Waals surface area contributed by atoms with Gasteiger partial charge in [0.05, 0.1) is 0 Å². The van der Waals surface area contributed by atoms with Gasteiger partial charge in [0, 0.05) is 11.6 Å². The Hall–Kier alpha value is -0.0800. The summed E-state index contributed by atoms with van der Waals surface area (Å²) in [6.07, 6.45) is 6.76. The van der Waals surface area contributed by atoms with Crippen LogP contribution in [0.2, 0.25) is 0 Å². The van der Waals surface area contributed by atoms with Crippen molar-refractivity contribution in [3.8, 4) is 0 Å². The summed E-state index contributed by atoms with van der Waals surface area (Å²) in [5, 5.41) is 3.77. The van der Waals surface area contributed by atoms with Crippen molar-refractivity contribution < 1.29 is 0 Å². The van der Waals surface area contributed by atoms with Crippen molar-refractivity contribution >= 4 is 0 Å². The van der Waals surface area contributed by atoms with Gasteiger partial charge < -0.3 is 10.2 Å². The summed E-state index contributed by atoms with van der Waals surface area (Å²) in [7, 11) is 4.49. The van der Waals surface area contributed by atoms with E-state index in [0.717, 1.165) is 12.5 Å². The van der Waals surface area contributed by atoms with Gasteiger partial charge in [0.2, 0.25) is 0 Å². The van der Waals surface area contributed by atoms with E-state index in [1.54, 1.807) is 0 Å². The van der Waals surface area contributed by atoms with Crippen molar-refractivity contribution in [1.29, 1.82) is 0 Å². The maximum Gasteiger partial charge on any atom is 0.0353 e. The zero-order valence-electron chi connectivity index (χ0n) is 11.8. The van der Waals surface area contributed by atoms with Gasteiger partial charge in [-0.25, -0.2) is 0 Å². The predicted octanol–water partition coefficient (Wildman–Crippen LogP) is 2.89. The van der Waals surface area contributed by atoms with Crippen LogP contribution in [0.4, 0.5) is 0 Å². The van der Waals surface area contributed by atoms with E-state index in [4.69, 9.17) is 0 Å². The Balaban J connectivity index is 2.84. The molecule has 96 valence electrons. The highest BCUT2D eigenvalue weighted by Crippen LogP contribution is 2.39. The summed E-state index contributed by atoms with van der Waals surface area (Å²) in [4.78, 5) is 2.46. The summed E-state index contributed by atoms with van der Waals surface area (Å²) in [5.41, 5.74) is 0.348. The molecule has 0 aliphatic heterocycles. The molecule has 0 bridgehead atoms. The van der Waals surface area contributed by atoms with Crippen molar-refractivity contribution in [3.63, 3.8) is 0 Å². The summed E-state index contributed by atoms with van der Waals surface area (Å²) in [6, 6.07) is 0.677. The Morgan fingerprint density at radius 2 is 1.75 bits per heavy atom. The van der Waals surface area contributed by atoms with Crippen LogP contribution in [0, 0.1) is 5.92 Å².